The molecular weight excluding hydrogens is 372 g/mol. The van der Waals surface area contributed by atoms with Crippen molar-refractivity contribution in [2.24, 2.45) is 0 Å². The van der Waals surface area contributed by atoms with Gasteiger partial charge in [-0.15, -0.1) is 0 Å². The van der Waals surface area contributed by atoms with E-state index in [-0.39, 0.29) is 17.3 Å². The Kier molecular flexibility index (Phi) is 5.25. The van der Waals surface area contributed by atoms with Gasteiger partial charge in [-0.2, -0.15) is 8.42 Å². The molecule has 1 aromatic heterocycles. The summed E-state index contributed by atoms with van der Waals surface area (Å²) >= 11 is 0. The Morgan fingerprint density at radius 2 is 2.07 bits per heavy atom. The fourth-order valence-corrected chi connectivity index (χ4v) is 3.99. The van der Waals surface area contributed by atoms with Crippen LogP contribution in [-0.2, 0) is 32.6 Å². The second-order valence-corrected chi connectivity index (χ2v) is 7.96. The monoisotopic (exact) mass is 394 g/mol. The van der Waals surface area contributed by atoms with Crippen molar-refractivity contribution >= 4 is 32.9 Å². The van der Waals surface area contributed by atoms with Crippen LogP contribution in [-0.4, -0.2) is 54.5 Å². The molecule has 0 saturated carbocycles. The third-order valence-corrected chi connectivity index (χ3v) is 5.71. The molecule has 0 radical (unpaired) electrons. The topological polar surface area (TPSA) is 106 Å². The van der Waals surface area contributed by atoms with Crippen molar-refractivity contribution in [2.45, 2.75) is 37.6 Å². The first-order valence-corrected chi connectivity index (χ1v) is 10.2. The number of carbonyl (C=O) groups is 2. The van der Waals surface area contributed by atoms with Crippen molar-refractivity contribution in [3.8, 4) is 0 Å². The average Bonchev–Trinajstić information content (AvgIpc) is 2.94. The van der Waals surface area contributed by atoms with Crippen LogP contribution in [0.15, 0.2) is 23.1 Å². The van der Waals surface area contributed by atoms with E-state index in [1.165, 1.54) is 25.3 Å². The van der Waals surface area contributed by atoms with E-state index in [1.54, 1.807) is 9.47 Å². The van der Waals surface area contributed by atoms with E-state index in [4.69, 9.17) is 4.74 Å². The molecule has 1 aliphatic heterocycles. The third kappa shape index (κ3) is 3.57. The zero-order chi connectivity index (χ0) is 19.8. The van der Waals surface area contributed by atoms with Gasteiger partial charge in [-0.05, 0) is 36.6 Å². The number of carbonyl (C=O) groups excluding carboxylic acids is 2. The molecule has 0 saturated heterocycles. The predicted octanol–water partition coefficient (Wildman–Crippen LogP) is 1.86. The zero-order valence-electron chi connectivity index (χ0n) is 15.3. The molecule has 2 aromatic rings. The molecule has 1 N–H and O–H groups in total. The lowest BCUT2D eigenvalue weighted by Gasteiger charge is -2.28. The van der Waals surface area contributed by atoms with Gasteiger partial charge in [0.25, 0.3) is 16.0 Å². The number of ether oxygens (including phenoxy) is 1. The number of amides is 1. The number of esters is 1. The van der Waals surface area contributed by atoms with Crippen molar-refractivity contribution in [1.29, 1.82) is 0 Å². The number of fused-ring (bicyclic) bond motifs is 3. The van der Waals surface area contributed by atoms with Crippen molar-refractivity contribution in [3.05, 3.63) is 29.5 Å². The van der Waals surface area contributed by atoms with Crippen molar-refractivity contribution in [2.75, 3.05) is 20.2 Å². The molecular formula is C18H22N2O6S. The Bertz CT molecular complexity index is 1010. The van der Waals surface area contributed by atoms with Gasteiger partial charge < -0.3 is 14.2 Å². The van der Waals surface area contributed by atoms with Crippen LogP contribution in [0.4, 0.5) is 0 Å². The van der Waals surface area contributed by atoms with Crippen LogP contribution in [0.2, 0.25) is 0 Å². The predicted molar refractivity (Wildman–Crippen MR) is 98.3 cm³/mol. The highest BCUT2D eigenvalue weighted by atomic mass is 32.2. The fraction of sp³-hybridized carbons (Fsp3) is 0.444. The summed E-state index contributed by atoms with van der Waals surface area (Å²) in [6.45, 7) is 3.05. The number of hydrogen-bond donors (Lipinski definition) is 1. The van der Waals surface area contributed by atoms with Crippen LogP contribution in [0, 0.1) is 0 Å². The molecule has 1 amide bonds. The highest BCUT2D eigenvalue weighted by molar-refractivity contribution is 7.85. The summed E-state index contributed by atoms with van der Waals surface area (Å²) in [6, 6.07) is 4.12. The minimum atomic E-state index is -4.37. The van der Waals surface area contributed by atoms with E-state index in [2.05, 4.69) is 0 Å². The Morgan fingerprint density at radius 1 is 1.33 bits per heavy atom. The van der Waals surface area contributed by atoms with Gasteiger partial charge in [0.15, 0.2) is 0 Å². The highest BCUT2D eigenvalue weighted by Crippen LogP contribution is 2.32. The van der Waals surface area contributed by atoms with Crippen LogP contribution < -0.4 is 0 Å². The largest absolute Gasteiger partial charge is 0.468 e. The highest BCUT2D eigenvalue weighted by Gasteiger charge is 2.32. The Balaban J connectivity index is 2.20. The van der Waals surface area contributed by atoms with Gasteiger partial charge in [-0.25, -0.2) is 0 Å². The molecule has 27 heavy (non-hydrogen) atoms. The minimum Gasteiger partial charge on any atom is -0.468 e. The smallest absolute Gasteiger partial charge is 0.325 e. The zero-order valence-corrected chi connectivity index (χ0v) is 16.1. The summed E-state index contributed by atoms with van der Waals surface area (Å²) in [5.74, 6) is -0.690. The SMILES string of the molecule is CCCCN1CCc2c(n(CC(=O)OC)c3ccc(S(=O)(=O)O)cc23)C1=O. The Hall–Kier alpha value is -2.39. The maximum atomic E-state index is 13.1. The van der Waals surface area contributed by atoms with Crippen LogP contribution in [0.1, 0.15) is 35.8 Å². The van der Waals surface area contributed by atoms with Crippen LogP contribution >= 0.6 is 0 Å². The van der Waals surface area contributed by atoms with Crippen LogP contribution in [0.3, 0.4) is 0 Å². The minimum absolute atomic E-state index is 0.152. The molecule has 0 fully saturated rings. The van der Waals surface area contributed by atoms with Gasteiger partial charge in [0.2, 0.25) is 0 Å². The number of hydrogen-bond acceptors (Lipinski definition) is 5. The second-order valence-electron chi connectivity index (χ2n) is 6.54. The first-order chi connectivity index (χ1) is 12.8. The van der Waals surface area contributed by atoms with E-state index in [9.17, 15) is 22.6 Å². The fourth-order valence-electron chi connectivity index (χ4n) is 3.48. The van der Waals surface area contributed by atoms with Gasteiger partial charge in [-0.1, -0.05) is 13.3 Å². The number of unbranched alkanes of at least 4 members (excludes halogenated alkanes) is 1. The molecule has 0 spiro atoms. The molecule has 1 aliphatic rings. The molecule has 0 atom stereocenters. The summed E-state index contributed by atoms with van der Waals surface area (Å²) < 4.78 is 38.7. The van der Waals surface area contributed by atoms with E-state index < -0.39 is 16.1 Å². The molecule has 0 bridgehead atoms. The summed E-state index contributed by atoms with van der Waals surface area (Å²) in [5, 5.41) is 0.549. The van der Waals surface area contributed by atoms with Gasteiger partial charge in [-0.3, -0.25) is 14.1 Å². The van der Waals surface area contributed by atoms with Gasteiger partial charge in [0, 0.05) is 24.0 Å². The maximum absolute atomic E-state index is 13.1. The summed E-state index contributed by atoms with van der Waals surface area (Å²) in [5.41, 5.74) is 1.63. The summed E-state index contributed by atoms with van der Waals surface area (Å²) in [7, 11) is -3.10. The first-order valence-electron chi connectivity index (χ1n) is 8.76. The van der Waals surface area contributed by atoms with E-state index in [1.807, 2.05) is 6.92 Å². The standard InChI is InChI=1S/C18H22N2O6S/c1-3-4-8-19-9-7-13-14-10-12(27(23,24)25)5-6-15(14)20(11-16(21)26-2)17(13)18(19)22/h5-6,10H,3-4,7-9,11H2,1-2H3,(H,23,24,25). The Labute approximate surface area is 157 Å². The molecule has 9 heteroatoms. The lowest BCUT2D eigenvalue weighted by atomic mass is 10.0. The van der Waals surface area contributed by atoms with E-state index in [0.29, 0.717) is 41.7 Å². The second kappa shape index (κ2) is 7.32. The lowest BCUT2D eigenvalue weighted by molar-refractivity contribution is -0.141. The summed E-state index contributed by atoms with van der Waals surface area (Å²) in [4.78, 5) is 26.5. The molecule has 0 aliphatic carbocycles. The van der Waals surface area contributed by atoms with Gasteiger partial charge >= 0.3 is 5.97 Å². The molecule has 146 valence electrons. The van der Waals surface area contributed by atoms with Crippen molar-refractivity contribution < 1.29 is 27.3 Å². The first kappa shape index (κ1) is 19.4. The lowest BCUT2D eigenvalue weighted by Crippen LogP contribution is -2.39. The number of methoxy groups -OCH3 is 1. The van der Waals surface area contributed by atoms with E-state index in [0.717, 1.165) is 12.8 Å². The number of aromatic nitrogens is 1. The number of nitrogens with zero attached hydrogens (tertiary/aromatic N) is 2. The van der Waals surface area contributed by atoms with Crippen molar-refractivity contribution in [1.82, 2.24) is 9.47 Å². The quantitative estimate of drug-likeness (QED) is 0.592. The maximum Gasteiger partial charge on any atom is 0.325 e. The molecule has 1 aromatic carbocycles. The molecule has 3 rings (SSSR count). The molecule has 8 nitrogen and oxygen atoms in total. The Morgan fingerprint density at radius 3 is 2.70 bits per heavy atom. The van der Waals surface area contributed by atoms with Crippen molar-refractivity contribution in [3.63, 3.8) is 0 Å². The molecule has 2 heterocycles. The third-order valence-electron chi connectivity index (χ3n) is 4.86. The van der Waals surface area contributed by atoms with Gasteiger partial charge in [0.1, 0.15) is 12.2 Å². The number of rotatable bonds is 6. The van der Waals surface area contributed by atoms with Crippen LogP contribution in [0.25, 0.3) is 10.9 Å². The average molecular weight is 394 g/mol. The molecule has 0 unspecified atom stereocenters. The normalized spacial score (nSPS) is 14.5. The van der Waals surface area contributed by atoms with Crippen LogP contribution in [0.5, 0.6) is 0 Å². The van der Waals surface area contributed by atoms with E-state index >= 15 is 0 Å². The van der Waals surface area contributed by atoms with Gasteiger partial charge in [0.05, 0.1) is 12.0 Å². The number of benzene rings is 1. The summed E-state index contributed by atoms with van der Waals surface area (Å²) in [6.07, 6.45) is 2.38.